The maximum Gasteiger partial charge on any atom is 0.573 e. The molecule has 0 atom stereocenters. The lowest BCUT2D eigenvalue weighted by Gasteiger charge is -2.13. The molecule has 0 saturated carbocycles. The van der Waals surface area contributed by atoms with Crippen molar-refractivity contribution in [3.63, 3.8) is 0 Å². The average Bonchev–Trinajstić information content (AvgIpc) is 2.64. The Kier molecular flexibility index (Phi) is 4.08. The number of furan rings is 1. The quantitative estimate of drug-likeness (QED) is 0.876. The minimum atomic E-state index is -4.78. The van der Waals surface area contributed by atoms with E-state index >= 15 is 0 Å². The maximum atomic E-state index is 12.3. The van der Waals surface area contributed by atoms with E-state index in [0.29, 0.717) is 11.4 Å². The smallest absolute Gasteiger partial charge is 0.503 e. The summed E-state index contributed by atoms with van der Waals surface area (Å²) in [6, 6.07) is 5.31. The van der Waals surface area contributed by atoms with Crippen molar-refractivity contribution in [2.45, 2.75) is 6.36 Å². The molecule has 4 nitrogen and oxygen atoms in total. The Morgan fingerprint density at radius 1 is 1.29 bits per heavy atom. The summed E-state index contributed by atoms with van der Waals surface area (Å²) in [6.07, 6.45) is -4.78. The summed E-state index contributed by atoms with van der Waals surface area (Å²) in [5.74, 6) is -0.257. The van der Waals surface area contributed by atoms with E-state index in [1.54, 1.807) is 25.1 Å². The van der Waals surface area contributed by atoms with E-state index in [2.05, 4.69) is 20.7 Å². The number of aromatic hydroxyl groups is 1. The molecular weight excluding hydrogens is 355 g/mol. The number of alkyl halides is 3. The first-order valence-electron chi connectivity index (χ1n) is 5.74. The van der Waals surface area contributed by atoms with Gasteiger partial charge in [-0.3, -0.25) is 0 Å². The summed E-state index contributed by atoms with van der Waals surface area (Å²) < 4.78 is 46.1. The van der Waals surface area contributed by atoms with Gasteiger partial charge in [-0.05, 0) is 33.6 Å². The minimum Gasteiger partial charge on any atom is -0.503 e. The fourth-order valence-corrected chi connectivity index (χ4v) is 2.16. The molecular formula is C13H11BrF3NO3. The molecule has 8 heteroatoms. The van der Waals surface area contributed by atoms with Crippen LogP contribution < -0.4 is 9.64 Å². The molecule has 1 aromatic carbocycles. The number of nitrogens with zero attached hydrogens (tertiary/aromatic N) is 1. The number of anilines is 1. The van der Waals surface area contributed by atoms with Crippen LogP contribution in [0.5, 0.6) is 11.5 Å². The zero-order valence-electron chi connectivity index (χ0n) is 11.0. The molecule has 0 amide bonds. The van der Waals surface area contributed by atoms with Crippen molar-refractivity contribution in [3.05, 3.63) is 28.9 Å². The number of ether oxygens (including phenoxy) is 1. The second kappa shape index (κ2) is 5.51. The molecule has 0 bridgehead atoms. The van der Waals surface area contributed by atoms with Crippen molar-refractivity contribution in [2.75, 3.05) is 19.0 Å². The molecule has 1 aromatic heterocycles. The highest BCUT2D eigenvalue weighted by atomic mass is 79.9. The van der Waals surface area contributed by atoms with E-state index in [1.165, 1.54) is 18.2 Å². The molecule has 0 fully saturated rings. The van der Waals surface area contributed by atoms with Crippen molar-refractivity contribution >= 4 is 21.8 Å². The van der Waals surface area contributed by atoms with E-state index in [0.717, 1.165) is 0 Å². The molecule has 0 spiro atoms. The molecule has 2 rings (SSSR count). The third-order valence-corrected chi connectivity index (χ3v) is 3.12. The van der Waals surface area contributed by atoms with Crippen LogP contribution in [0.4, 0.5) is 19.1 Å². The summed E-state index contributed by atoms with van der Waals surface area (Å²) in [6.45, 7) is 0. The topological polar surface area (TPSA) is 45.8 Å². The van der Waals surface area contributed by atoms with Gasteiger partial charge in [0.15, 0.2) is 5.75 Å². The van der Waals surface area contributed by atoms with Crippen LogP contribution >= 0.6 is 15.9 Å². The fourth-order valence-electron chi connectivity index (χ4n) is 1.81. The van der Waals surface area contributed by atoms with Gasteiger partial charge in [-0.1, -0.05) is 12.1 Å². The Balaban J connectivity index is 2.50. The molecule has 1 N–H and O–H groups in total. The Labute approximate surface area is 126 Å². The van der Waals surface area contributed by atoms with Gasteiger partial charge in [-0.15, -0.1) is 13.2 Å². The van der Waals surface area contributed by atoms with Crippen LogP contribution in [-0.4, -0.2) is 25.6 Å². The van der Waals surface area contributed by atoms with Gasteiger partial charge < -0.3 is 19.2 Å². The molecule has 0 radical (unpaired) electrons. The van der Waals surface area contributed by atoms with Crippen LogP contribution in [0.1, 0.15) is 0 Å². The molecule has 0 saturated heterocycles. The second-order valence-corrected chi connectivity index (χ2v) is 5.09. The third-order valence-electron chi connectivity index (χ3n) is 2.59. The van der Waals surface area contributed by atoms with Crippen LogP contribution in [0.2, 0.25) is 0 Å². The number of hydrogen-bond acceptors (Lipinski definition) is 4. The zero-order chi connectivity index (χ0) is 15.8. The van der Waals surface area contributed by atoms with Gasteiger partial charge in [0.2, 0.25) is 10.6 Å². The lowest BCUT2D eigenvalue weighted by molar-refractivity contribution is -0.274. The molecule has 21 heavy (non-hydrogen) atoms. The number of hydrogen-bond donors (Lipinski definition) is 1. The van der Waals surface area contributed by atoms with Crippen molar-refractivity contribution in [1.29, 1.82) is 0 Å². The standard InChI is InChI=1S/C13H11BrF3NO3/c1-18(2)12-9(10(19)11(14)20-12)7-4-3-5-8(6-7)21-13(15,16)17/h3-6,19H,1-2H3. The Morgan fingerprint density at radius 2 is 1.95 bits per heavy atom. The van der Waals surface area contributed by atoms with Crippen LogP contribution in [0.15, 0.2) is 33.4 Å². The van der Waals surface area contributed by atoms with Gasteiger partial charge in [-0.25, -0.2) is 0 Å². The monoisotopic (exact) mass is 365 g/mol. The Hall–Kier alpha value is -1.83. The lowest BCUT2D eigenvalue weighted by Crippen LogP contribution is -2.17. The molecule has 114 valence electrons. The SMILES string of the molecule is CN(C)c1oc(Br)c(O)c1-c1cccc(OC(F)(F)F)c1. The second-order valence-electron chi connectivity index (χ2n) is 4.37. The zero-order valence-corrected chi connectivity index (χ0v) is 12.6. The van der Waals surface area contributed by atoms with Crippen LogP contribution in [0.25, 0.3) is 11.1 Å². The van der Waals surface area contributed by atoms with Crippen LogP contribution in [-0.2, 0) is 0 Å². The van der Waals surface area contributed by atoms with Crippen molar-refractivity contribution in [1.82, 2.24) is 0 Å². The van der Waals surface area contributed by atoms with E-state index < -0.39 is 6.36 Å². The van der Waals surface area contributed by atoms with Crippen LogP contribution in [0, 0.1) is 0 Å². The number of halogens is 4. The average molecular weight is 366 g/mol. The summed E-state index contributed by atoms with van der Waals surface area (Å²) in [7, 11) is 3.37. The van der Waals surface area contributed by atoms with Gasteiger partial charge >= 0.3 is 6.36 Å². The summed E-state index contributed by atoms with van der Waals surface area (Å²) >= 11 is 3.05. The molecule has 0 aliphatic heterocycles. The molecule has 0 aliphatic carbocycles. The fraction of sp³-hybridized carbons (Fsp3) is 0.231. The van der Waals surface area contributed by atoms with E-state index in [1.807, 2.05) is 0 Å². The summed E-state index contributed by atoms with van der Waals surface area (Å²) in [4.78, 5) is 1.59. The maximum absolute atomic E-state index is 12.3. The third kappa shape index (κ3) is 3.44. The summed E-state index contributed by atoms with van der Waals surface area (Å²) in [5, 5.41) is 10.0. The van der Waals surface area contributed by atoms with Gasteiger partial charge in [-0.2, -0.15) is 0 Å². The predicted octanol–water partition coefficient (Wildman–Crippen LogP) is 4.38. The highest BCUT2D eigenvalue weighted by Crippen LogP contribution is 2.46. The first kappa shape index (κ1) is 15.6. The van der Waals surface area contributed by atoms with Crippen LogP contribution in [0.3, 0.4) is 0 Å². The normalized spacial score (nSPS) is 11.5. The molecule has 0 aliphatic rings. The van der Waals surface area contributed by atoms with Gasteiger partial charge in [0.1, 0.15) is 5.75 Å². The molecule has 0 unspecified atom stereocenters. The van der Waals surface area contributed by atoms with Gasteiger partial charge in [0, 0.05) is 14.1 Å². The predicted molar refractivity (Wildman–Crippen MR) is 74.5 cm³/mol. The number of rotatable bonds is 3. The molecule has 1 heterocycles. The highest BCUT2D eigenvalue weighted by molar-refractivity contribution is 9.10. The first-order chi connectivity index (χ1) is 9.69. The summed E-state index contributed by atoms with van der Waals surface area (Å²) in [5.41, 5.74) is 0.617. The minimum absolute atomic E-state index is 0.100. The van der Waals surface area contributed by atoms with E-state index in [4.69, 9.17) is 4.42 Å². The highest BCUT2D eigenvalue weighted by Gasteiger charge is 2.31. The van der Waals surface area contributed by atoms with Gasteiger partial charge in [0.25, 0.3) is 0 Å². The van der Waals surface area contributed by atoms with E-state index in [9.17, 15) is 18.3 Å². The van der Waals surface area contributed by atoms with Gasteiger partial charge in [0.05, 0.1) is 5.56 Å². The van der Waals surface area contributed by atoms with Crippen molar-refractivity contribution in [2.24, 2.45) is 0 Å². The number of benzene rings is 1. The lowest BCUT2D eigenvalue weighted by atomic mass is 10.1. The Morgan fingerprint density at radius 3 is 2.52 bits per heavy atom. The van der Waals surface area contributed by atoms with Crippen molar-refractivity contribution in [3.8, 4) is 22.6 Å². The Bertz CT molecular complexity index is 653. The van der Waals surface area contributed by atoms with Crippen molar-refractivity contribution < 1.29 is 27.4 Å². The van der Waals surface area contributed by atoms with E-state index in [-0.39, 0.29) is 21.7 Å². The molecule has 2 aromatic rings. The largest absolute Gasteiger partial charge is 0.573 e. The first-order valence-corrected chi connectivity index (χ1v) is 6.53.